The molecule has 1 aromatic carbocycles. The highest BCUT2D eigenvalue weighted by atomic mass is 16.5. The first-order valence-corrected chi connectivity index (χ1v) is 12.5. The highest BCUT2D eigenvalue weighted by Crippen LogP contribution is 2.67. The van der Waals surface area contributed by atoms with E-state index in [1.54, 1.807) is 10.8 Å². The molecule has 10 heteroatoms. The molecule has 3 fully saturated rings. The third-order valence-corrected chi connectivity index (χ3v) is 7.53. The van der Waals surface area contributed by atoms with Crippen molar-refractivity contribution in [1.29, 1.82) is 10.5 Å². The number of hydrogen-bond acceptors (Lipinski definition) is 8. The molecule has 0 saturated heterocycles. The molecule has 38 heavy (non-hydrogen) atoms. The molecule has 3 aliphatic carbocycles. The van der Waals surface area contributed by atoms with Crippen LogP contribution < -0.4 is 10.1 Å². The van der Waals surface area contributed by atoms with E-state index in [9.17, 15) is 5.26 Å². The standard InChI is InChI=1S/C28H27N9O/c1-17-10-20(6-5-8-29)11-18(2)23(17)38-25-22-24(31-19(3)37(22)12-21-7-9-36(4)35-21)32-26(33-25)34-28-13-27(14-28,15-28)16-30/h5-7,9-11H,12-15H2,1-4H3,(H,32,33,34)/b6-5+. The van der Waals surface area contributed by atoms with Crippen molar-refractivity contribution in [3.8, 4) is 23.8 Å². The third-order valence-electron chi connectivity index (χ3n) is 7.53. The molecule has 0 unspecified atom stereocenters. The number of aryl methyl sites for hydroxylation is 4. The highest BCUT2D eigenvalue weighted by molar-refractivity contribution is 5.79. The lowest BCUT2D eigenvalue weighted by Gasteiger charge is -2.66. The first kappa shape index (κ1) is 23.7. The third kappa shape index (κ3) is 3.86. The lowest BCUT2D eigenvalue weighted by atomic mass is 9.40. The van der Waals surface area contributed by atoms with Crippen LogP contribution in [-0.2, 0) is 13.6 Å². The molecule has 3 aromatic heterocycles. The van der Waals surface area contributed by atoms with Crippen molar-refractivity contribution in [1.82, 2.24) is 29.3 Å². The van der Waals surface area contributed by atoms with Crippen LogP contribution in [0.5, 0.6) is 11.6 Å². The fourth-order valence-corrected chi connectivity index (χ4v) is 5.89. The van der Waals surface area contributed by atoms with Crippen LogP contribution in [0.25, 0.3) is 17.2 Å². The molecule has 0 amide bonds. The van der Waals surface area contributed by atoms with Crippen molar-refractivity contribution in [3.05, 3.63) is 58.7 Å². The van der Waals surface area contributed by atoms with Crippen molar-refractivity contribution < 1.29 is 4.74 Å². The number of ether oxygens (including phenoxy) is 1. The number of nitriles is 2. The first-order valence-electron chi connectivity index (χ1n) is 12.5. The number of nitrogens with zero attached hydrogens (tertiary/aromatic N) is 8. The number of anilines is 1. The molecule has 3 saturated carbocycles. The highest BCUT2D eigenvalue weighted by Gasteiger charge is 2.69. The minimum atomic E-state index is -0.187. The van der Waals surface area contributed by atoms with Crippen molar-refractivity contribution >= 4 is 23.2 Å². The molecule has 10 nitrogen and oxygen atoms in total. The molecule has 7 rings (SSSR count). The van der Waals surface area contributed by atoms with Crippen LogP contribution in [0.15, 0.2) is 30.5 Å². The molecule has 1 N–H and O–H groups in total. The molecule has 2 bridgehead atoms. The molecular weight excluding hydrogens is 478 g/mol. The molecule has 190 valence electrons. The van der Waals surface area contributed by atoms with E-state index in [4.69, 9.17) is 25.0 Å². The number of benzene rings is 1. The van der Waals surface area contributed by atoms with E-state index >= 15 is 0 Å². The molecule has 3 aliphatic rings. The predicted molar refractivity (Wildman–Crippen MR) is 141 cm³/mol. The van der Waals surface area contributed by atoms with E-state index in [0.717, 1.165) is 47.5 Å². The van der Waals surface area contributed by atoms with Gasteiger partial charge in [-0.3, -0.25) is 4.68 Å². The van der Waals surface area contributed by atoms with Crippen LogP contribution in [0.3, 0.4) is 0 Å². The van der Waals surface area contributed by atoms with Gasteiger partial charge in [0.05, 0.1) is 29.8 Å². The van der Waals surface area contributed by atoms with Crippen molar-refractivity contribution in [2.45, 2.75) is 52.1 Å². The zero-order chi connectivity index (χ0) is 26.7. The van der Waals surface area contributed by atoms with Gasteiger partial charge in [0, 0.05) is 24.9 Å². The molecule has 0 spiro atoms. The number of imidazole rings is 1. The number of allylic oxidation sites excluding steroid dienone is 1. The fourth-order valence-electron chi connectivity index (χ4n) is 5.89. The van der Waals surface area contributed by atoms with Gasteiger partial charge in [-0.2, -0.15) is 25.6 Å². The number of fused-ring (bicyclic) bond motifs is 1. The Morgan fingerprint density at radius 1 is 1.11 bits per heavy atom. The second-order valence-corrected chi connectivity index (χ2v) is 10.6. The second-order valence-electron chi connectivity index (χ2n) is 10.6. The van der Waals surface area contributed by atoms with Gasteiger partial charge in [-0.1, -0.05) is 0 Å². The molecule has 3 heterocycles. The monoisotopic (exact) mass is 505 g/mol. The Hall–Kier alpha value is -4.70. The van der Waals surface area contributed by atoms with Gasteiger partial charge < -0.3 is 14.6 Å². The van der Waals surface area contributed by atoms with Gasteiger partial charge >= 0.3 is 0 Å². The molecule has 4 aromatic rings. The lowest BCUT2D eigenvalue weighted by Crippen LogP contribution is -2.70. The van der Waals surface area contributed by atoms with Gasteiger partial charge in [-0.05, 0) is 81.0 Å². The second kappa shape index (κ2) is 8.42. The van der Waals surface area contributed by atoms with Gasteiger partial charge in [-0.15, -0.1) is 0 Å². The van der Waals surface area contributed by atoms with E-state index in [1.165, 1.54) is 6.08 Å². The first-order chi connectivity index (χ1) is 18.2. The fraction of sp³-hybridized carbons (Fsp3) is 0.357. The Balaban J connectivity index is 1.43. The van der Waals surface area contributed by atoms with E-state index < -0.39 is 0 Å². The van der Waals surface area contributed by atoms with Crippen LogP contribution in [0, 0.1) is 48.8 Å². The van der Waals surface area contributed by atoms with Crippen LogP contribution in [0.1, 0.15) is 47.5 Å². The molecule has 0 radical (unpaired) electrons. The number of aromatic nitrogens is 6. The largest absolute Gasteiger partial charge is 0.436 e. The van der Waals surface area contributed by atoms with Crippen LogP contribution in [0.4, 0.5) is 5.95 Å². The van der Waals surface area contributed by atoms with E-state index in [1.807, 2.05) is 62.9 Å². The smallest absolute Gasteiger partial charge is 0.250 e. The minimum Gasteiger partial charge on any atom is -0.436 e. The summed E-state index contributed by atoms with van der Waals surface area (Å²) >= 11 is 0. The summed E-state index contributed by atoms with van der Waals surface area (Å²) in [5, 5.41) is 26.3. The summed E-state index contributed by atoms with van der Waals surface area (Å²) in [5.74, 6) is 2.33. The van der Waals surface area contributed by atoms with E-state index in [0.29, 0.717) is 35.3 Å². The topological polar surface area (TPSA) is 130 Å². The van der Waals surface area contributed by atoms with Gasteiger partial charge in [-0.25, -0.2) is 4.98 Å². The number of nitrogens with one attached hydrogen (secondary N) is 1. The minimum absolute atomic E-state index is 0.132. The summed E-state index contributed by atoms with van der Waals surface area (Å²) in [6.45, 7) is 6.39. The number of rotatable bonds is 7. The zero-order valence-electron chi connectivity index (χ0n) is 21.8. The quantitative estimate of drug-likeness (QED) is 0.357. The maximum Gasteiger partial charge on any atom is 0.250 e. The van der Waals surface area contributed by atoms with Gasteiger partial charge in [0.1, 0.15) is 11.6 Å². The number of hydrogen-bond donors (Lipinski definition) is 1. The summed E-state index contributed by atoms with van der Waals surface area (Å²) in [4.78, 5) is 14.4. The van der Waals surface area contributed by atoms with Gasteiger partial charge in [0.15, 0.2) is 11.2 Å². The Morgan fingerprint density at radius 3 is 2.47 bits per heavy atom. The lowest BCUT2D eigenvalue weighted by molar-refractivity contribution is -0.0665. The summed E-state index contributed by atoms with van der Waals surface area (Å²) < 4.78 is 10.3. The zero-order valence-corrected chi connectivity index (χ0v) is 21.8. The average molecular weight is 506 g/mol. The van der Waals surface area contributed by atoms with Crippen LogP contribution in [-0.4, -0.2) is 34.8 Å². The maximum atomic E-state index is 9.42. The molecular formula is C28H27N9O. The Bertz CT molecular complexity index is 1670. The molecule has 0 atom stereocenters. The van der Waals surface area contributed by atoms with E-state index in [2.05, 4.69) is 16.5 Å². The average Bonchev–Trinajstić information content (AvgIpc) is 3.38. The van der Waals surface area contributed by atoms with Crippen molar-refractivity contribution in [2.75, 3.05) is 5.32 Å². The molecule has 0 aliphatic heterocycles. The Labute approximate surface area is 220 Å². The summed E-state index contributed by atoms with van der Waals surface area (Å²) in [5.41, 5.74) is 4.57. The van der Waals surface area contributed by atoms with Crippen molar-refractivity contribution in [2.24, 2.45) is 12.5 Å². The van der Waals surface area contributed by atoms with Crippen LogP contribution in [0.2, 0.25) is 0 Å². The Kier molecular flexibility index (Phi) is 5.25. The van der Waals surface area contributed by atoms with Crippen LogP contribution >= 0.6 is 0 Å². The SMILES string of the molecule is Cc1cc(/C=C/C#N)cc(C)c1Oc1nc(NC23CC(C#N)(C2)C3)nc2nc(C)n(Cc3ccn(C)n3)c12. The normalized spacial score (nSPS) is 21.5. The van der Waals surface area contributed by atoms with Gasteiger partial charge in [0.2, 0.25) is 5.95 Å². The maximum absolute atomic E-state index is 9.42. The summed E-state index contributed by atoms with van der Waals surface area (Å²) in [6, 6.07) is 10.4. The predicted octanol–water partition coefficient (Wildman–Crippen LogP) is 4.72. The van der Waals surface area contributed by atoms with Gasteiger partial charge in [0.25, 0.3) is 5.88 Å². The van der Waals surface area contributed by atoms with Crippen molar-refractivity contribution in [3.63, 3.8) is 0 Å². The summed E-state index contributed by atoms with van der Waals surface area (Å²) in [6.07, 6.45) is 7.55. The van der Waals surface area contributed by atoms with E-state index in [-0.39, 0.29) is 11.0 Å². The summed E-state index contributed by atoms with van der Waals surface area (Å²) in [7, 11) is 1.89. The Morgan fingerprint density at radius 2 is 1.84 bits per heavy atom.